The van der Waals surface area contributed by atoms with Crippen molar-refractivity contribution in [3.63, 3.8) is 0 Å². The molecule has 0 amide bonds. The minimum atomic E-state index is 0.527. The van der Waals surface area contributed by atoms with E-state index in [4.69, 9.17) is 0 Å². The lowest BCUT2D eigenvalue weighted by Gasteiger charge is -2.41. The highest BCUT2D eigenvalue weighted by atomic mass is 79.9. The molecular formula is C13H21Br. The fourth-order valence-corrected chi connectivity index (χ4v) is 6.40. The Morgan fingerprint density at radius 1 is 1.07 bits per heavy atom. The van der Waals surface area contributed by atoms with Gasteiger partial charge in [0.1, 0.15) is 0 Å². The van der Waals surface area contributed by atoms with E-state index in [9.17, 15) is 0 Å². The van der Waals surface area contributed by atoms with Crippen molar-refractivity contribution in [3.05, 3.63) is 0 Å². The van der Waals surface area contributed by atoms with Gasteiger partial charge in [-0.1, -0.05) is 36.2 Å². The smallest absolute Gasteiger partial charge is 0.0266 e. The molecule has 3 aliphatic rings. The molecule has 80 valence electrons. The Hall–Kier alpha value is 0.480. The first kappa shape index (κ1) is 9.69. The van der Waals surface area contributed by atoms with Gasteiger partial charge in [-0.3, -0.25) is 0 Å². The summed E-state index contributed by atoms with van der Waals surface area (Å²) in [4.78, 5) is 0. The zero-order valence-corrected chi connectivity index (χ0v) is 11.0. The number of alkyl halides is 1. The topological polar surface area (TPSA) is 0 Å². The molecule has 0 nitrogen and oxygen atoms in total. The summed E-state index contributed by atoms with van der Waals surface area (Å²) in [5.41, 5.74) is 1.36. The van der Waals surface area contributed by atoms with Crippen LogP contribution < -0.4 is 0 Å². The Bertz CT molecular complexity index is 268. The lowest BCUT2D eigenvalue weighted by Crippen LogP contribution is -2.34. The number of halogens is 1. The van der Waals surface area contributed by atoms with Crippen LogP contribution in [0.15, 0.2) is 0 Å². The zero-order chi connectivity index (χ0) is 10.0. The lowest BCUT2D eigenvalue weighted by atomic mass is 9.71. The fraction of sp³-hybridized carbons (Fsp3) is 1.00. The van der Waals surface area contributed by atoms with Crippen LogP contribution in [0.25, 0.3) is 0 Å². The fourth-order valence-electron chi connectivity index (χ4n) is 5.06. The molecule has 0 aromatic rings. The normalized spacial score (nSPS) is 61.5. The van der Waals surface area contributed by atoms with Crippen molar-refractivity contribution in [2.24, 2.45) is 16.7 Å². The standard InChI is InChI=1S/C13H21Br/c1-11-6-10-7-13(14,9-11)5-3-4-12(10,2)8-11/h10H,3-9H2,1-2H3. The second-order valence-corrected chi connectivity index (χ2v) is 8.61. The van der Waals surface area contributed by atoms with Gasteiger partial charge in [-0.25, -0.2) is 0 Å². The highest BCUT2D eigenvalue weighted by Gasteiger charge is 2.58. The molecule has 0 saturated heterocycles. The van der Waals surface area contributed by atoms with Gasteiger partial charge in [-0.2, -0.15) is 0 Å². The summed E-state index contributed by atoms with van der Waals surface area (Å²) in [7, 11) is 0. The molecule has 0 N–H and O–H groups in total. The largest absolute Gasteiger partial charge is 0.0853 e. The van der Waals surface area contributed by atoms with E-state index in [0.29, 0.717) is 15.2 Å². The predicted octanol–water partition coefficient (Wildman–Crippen LogP) is 4.52. The SMILES string of the molecule is CC12CC3CC(Br)(CCCC3(C)C1)C2. The molecule has 0 radical (unpaired) electrons. The second kappa shape index (κ2) is 2.59. The van der Waals surface area contributed by atoms with Crippen LogP contribution in [0.2, 0.25) is 0 Å². The predicted molar refractivity (Wildman–Crippen MR) is 63.7 cm³/mol. The van der Waals surface area contributed by atoms with Crippen molar-refractivity contribution < 1.29 is 0 Å². The maximum atomic E-state index is 4.06. The molecule has 0 heterocycles. The van der Waals surface area contributed by atoms with E-state index in [-0.39, 0.29) is 0 Å². The molecule has 1 heteroatoms. The van der Waals surface area contributed by atoms with Crippen LogP contribution in [0.1, 0.15) is 58.8 Å². The van der Waals surface area contributed by atoms with Crippen LogP contribution in [-0.2, 0) is 0 Å². The first-order valence-electron chi connectivity index (χ1n) is 6.12. The molecule has 4 unspecified atom stereocenters. The molecule has 0 aliphatic heterocycles. The van der Waals surface area contributed by atoms with Crippen LogP contribution in [0, 0.1) is 16.7 Å². The molecule has 3 rings (SSSR count). The second-order valence-electron chi connectivity index (χ2n) is 6.93. The van der Waals surface area contributed by atoms with Crippen molar-refractivity contribution >= 4 is 15.9 Å². The van der Waals surface area contributed by atoms with E-state index >= 15 is 0 Å². The first-order chi connectivity index (χ1) is 6.43. The summed E-state index contributed by atoms with van der Waals surface area (Å²) in [6.45, 7) is 5.10. The molecule has 0 spiro atoms. The van der Waals surface area contributed by atoms with Crippen LogP contribution in [0.5, 0.6) is 0 Å². The van der Waals surface area contributed by atoms with Gasteiger partial charge in [0.05, 0.1) is 0 Å². The maximum Gasteiger partial charge on any atom is 0.0266 e. The van der Waals surface area contributed by atoms with E-state index in [0.717, 1.165) is 5.92 Å². The highest BCUT2D eigenvalue weighted by Crippen LogP contribution is 2.68. The number of hydrogen-bond acceptors (Lipinski definition) is 0. The minimum Gasteiger partial charge on any atom is -0.0853 e. The Morgan fingerprint density at radius 3 is 2.64 bits per heavy atom. The summed E-state index contributed by atoms with van der Waals surface area (Å²) < 4.78 is 0.527. The summed E-state index contributed by atoms with van der Waals surface area (Å²) in [5.74, 6) is 1.02. The van der Waals surface area contributed by atoms with E-state index in [1.807, 2.05) is 0 Å². The van der Waals surface area contributed by atoms with Crippen LogP contribution in [0.3, 0.4) is 0 Å². The first-order valence-corrected chi connectivity index (χ1v) is 6.92. The van der Waals surface area contributed by atoms with Gasteiger partial charge in [0.15, 0.2) is 0 Å². The van der Waals surface area contributed by atoms with Gasteiger partial charge in [-0.05, 0) is 55.3 Å². The van der Waals surface area contributed by atoms with Crippen molar-refractivity contribution in [3.8, 4) is 0 Å². The number of fused-ring (bicyclic) bond motifs is 2. The quantitative estimate of drug-likeness (QED) is 0.560. The third-order valence-electron chi connectivity index (χ3n) is 5.28. The summed E-state index contributed by atoms with van der Waals surface area (Å²) in [6.07, 6.45) is 10.3. The summed E-state index contributed by atoms with van der Waals surface area (Å²) in [5, 5.41) is 0. The Kier molecular flexibility index (Phi) is 1.79. The van der Waals surface area contributed by atoms with Crippen molar-refractivity contribution in [1.29, 1.82) is 0 Å². The lowest BCUT2D eigenvalue weighted by molar-refractivity contribution is 0.193. The van der Waals surface area contributed by atoms with Gasteiger partial charge in [0, 0.05) is 4.32 Å². The van der Waals surface area contributed by atoms with Crippen molar-refractivity contribution in [2.75, 3.05) is 0 Å². The number of rotatable bonds is 0. The molecule has 3 fully saturated rings. The Morgan fingerprint density at radius 2 is 1.86 bits per heavy atom. The summed E-state index contributed by atoms with van der Waals surface area (Å²) >= 11 is 4.06. The van der Waals surface area contributed by atoms with E-state index in [1.165, 1.54) is 44.9 Å². The van der Waals surface area contributed by atoms with Crippen molar-refractivity contribution in [2.45, 2.75) is 63.1 Å². The average molecular weight is 257 g/mol. The molecule has 3 bridgehead atoms. The number of hydrogen-bond donors (Lipinski definition) is 0. The van der Waals surface area contributed by atoms with Gasteiger partial charge in [-0.15, -0.1) is 0 Å². The summed E-state index contributed by atoms with van der Waals surface area (Å²) in [6, 6.07) is 0. The molecule has 3 saturated carbocycles. The Balaban J connectivity index is 2.04. The third kappa shape index (κ3) is 1.24. The molecule has 14 heavy (non-hydrogen) atoms. The highest BCUT2D eigenvalue weighted by molar-refractivity contribution is 9.10. The Labute approximate surface area is 96.0 Å². The van der Waals surface area contributed by atoms with E-state index in [2.05, 4.69) is 29.8 Å². The van der Waals surface area contributed by atoms with E-state index in [1.54, 1.807) is 0 Å². The van der Waals surface area contributed by atoms with Crippen LogP contribution in [-0.4, -0.2) is 4.32 Å². The monoisotopic (exact) mass is 256 g/mol. The zero-order valence-electron chi connectivity index (χ0n) is 9.41. The van der Waals surface area contributed by atoms with Gasteiger partial charge in [0.2, 0.25) is 0 Å². The maximum absolute atomic E-state index is 4.06. The molecule has 4 atom stereocenters. The molecule has 3 aliphatic carbocycles. The van der Waals surface area contributed by atoms with Crippen molar-refractivity contribution in [1.82, 2.24) is 0 Å². The van der Waals surface area contributed by atoms with Gasteiger partial charge < -0.3 is 0 Å². The average Bonchev–Trinajstić information content (AvgIpc) is 2.10. The van der Waals surface area contributed by atoms with Gasteiger partial charge >= 0.3 is 0 Å². The van der Waals surface area contributed by atoms with E-state index < -0.39 is 0 Å². The van der Waals surface area contributed by atoms with Crippen LogP contribution >= 0.6 is 15.9 Å². The van der Waals surface area contributed by atoms with Gasteiger partial charge in [0.25, 0.3) is 0 Å². The molecule has 0 aromatic heterocycles. The molecule has 0 aromatic carbocycles. The third-order valence-corrected chi connectivity index (χ3v) is 6.28. The van der Waals surface area contributed by atoms with Crippen LogP contribution in [0.4, 0.5) is 0 Å². The minimum absolute atomic E-state index is 0.527. The molecular weight excluding hydrogens is 236 g/mol.